The van der Waals surface area contributed by atoms with Gasteiger partial charge in [-0.25, -0.2) is 9.67 Å². The van der Waals surface area contributed by atoms with Crippen LogP contribution in [0.3, 0.4) is 0 Å². The van der Waals surface area contributed by atoms with Gasteiger partial charge >= 0.3 is 0 Å². The zero-order chi connectivity index (χ0) is 19.5. The third-order valence-electron chi connectivity index (χ3n) is 4.20. The Hall–Kier alpha value is -4.07. The first kappa shape index (κ1) is 17.3. The molecule has 0 aliphatic heterocycles. The minimum atomic E-state index is 0.207. The SMILES string of the molecule is COc1ccc(-c2nc(Nc3cnn(-c4ccccc4)c3)nc(N)c2N)cc1. The Morgan fingerprint density at radius 2 is 1.71 bits per heavy atom. The molecule has 0 amide bonds. The standard InChI is InChI=1S/C20H19N7O/c1-28-16-9-7-13(8-10-16)18-17(21)19(22)26-20(25-18)24-14-11-23-27(12-14)15-5-3-2-4-6-15/h2-12H,21H2,1H3,(H3,22,24,25,26). The number of anilines is 4. The highest BCUT2D eigenvalue weighted by atomic mass is 16.5. The van der Waals surface area contributed by atoms with Crippen LogP contribution >= 0.6 is 0 Å². The number of para-hydroxylation sites is 1. The van der Waals surface area contributed by atoms with Crippen molar-refractivity contribution in [2.24, 2.45) is 0 Å². The van der Waals surface area contributed by atoms with E-state index < -0.39 is 0 Å². The van der Waals surface area contributed by atoms with Crippen molar-refractivity contribution >= 4 is 23.1 Å². The molecule has 0 saturated heterocycles. The molecule has 140 valence electrons. The minimum Gasteiger partial charge on any atom is -0.497 e. The molecular weight excluding hydrogens is 354 g/mol. The van der Waals surface area contributed by atoms with Crippen LogP contribution in [0, 0.1) is 0 Å². The fourth-order valence-electron chi connectivity index (χ4n) is 2.75. The van der Waals surface area contributed by atoms with Crippen LogP contribution < -0.4 is 21.5 Å². The smallest absolute Gasteiger partial charge is 0.229 e. The van der Waals surface area contributed by atoms with Crippen molar-refractivity contribution in [1.29, 1.82) is 0 Å². The molecule has 0 atom stereocenters. The van der Waals surface area contributed by atoms with Gasteiger partial charge in [-0.3, -0.25) is 0 Å². The molecule has 0 unspecified atom stereocenters. The zero-order valence-electron chi connectivity index (χ0n) is 15.2. The molecule has 0 radical (unpaired) electrons. The minimum absolute atomic E-state index is 0.207. The summed E-state index contributed by atoms with van der Waals surface area (Å²) in [5, 5.41) is 7.48. The molecule has 8 heteroatoms. The predicted molar refractivity (Wildman–Crippen MR) is 110 cm³/mol. The average molecular weight is 373 g/mol. The molecular formula is C20H19N7O. The summed E-state index contributed by atoms with van der Waals surface area (Å²) in [7, 11) is 1.61. The Morgan fingerprint density at radius 1 is 0.964 bits per heavy atom. The number of benzene rings is 2. The normalized spacial score (nSPS) is 10.6. The van der Waals surface area contributed by atoms with Crippen molar-refractivity contribution in [3.63, 3.8) is 0 Å². The summed E-state index contributed by atoms with van der Waals surface area (Å²) < 4.78 is 6.95. The summed E-state index contributed by atoms with van der Waals surface area (Å²) in [6.45, 7) is 0. The van der Waals surface area contributed by atoms with Crippen LogP contribution in [0.2, 0.25) is 0 Å². The lowest BCUT2D eigenvalue weighted by Crippen LogP contribution is -2.06. The molecule has 0 spiro atoms. The molecule has 28 heavy (non-hydrogen) atoms. The lowest BCUT2D eigenvalue weighted by molar-refractivity contribution is 0.415. The van der Waals surface area contributed by atoms with Crippen molar-refractivity contribution in [1.82, 2.24) is 19.7 Å². The quantitative estimate of drug-likeness (QED) is 0.491. The molecule has 2 aromatic heterocycles. The van der Waals surface area contributed by atoms with E-state index in [0.29, 0.717) is 17.3 Å². The monoisotopic (exact) mass is 373 g/mol. The molecule has 4 aromatic rings. The molecule has 0 bridgehead atoms. The van der Waals surface area contributed by atoms with Crippen molar-refractivity contribution < 1.29 is 4.74 Å². The Kier molecular flexibility index (Phi) is 4.51. The maximum atomic E-state index is 6.10. The summed E-state index contributed by atoms with van der Waals surface area (Å²) in [5.74, 6) is 1.29. The predicted octanol–water partition coefficient (Wildman–Crippen LogP) is 3.25. The summed E-state index contributed by atoms with van der Waals surface area (Å²) in [4.78, 5) is 8.77. The van der Waals surface area contributed by atoms with Gasteiger partial charge in [0.15, 0.2) is 5.82 Å². The second-order valence-electron chi connectivity index (χ2n) is 6.06. The van der Waals surface area contributed by atoms with Gasteiger partial charge in [-0.1, -0.05) is 18.2 Å². The van der Waals surface area contributed by atoms with Gasteiger partial charge in [-0.15, -0.1) is 0 Å². The number of ether oxygens (including phenoxy) is 1. The van der Waals surface area contributed by atoms with E-state index in [4.69, 9.17) is 16.2 Å². The van der Waals surface area contributed by atoms with E-state index in [9.17, 15) is 0 Å². The highest BCUT2D eigenvalue weighted by molar-refractivity contribution is 5.81. The van der Waals surface area contributed by atoms with Gasteiger partial charge in [0.2, 0.25) is 5.95 Å². The number of hydrogen-bond donors (Lipinski definition) is 3. The van der Waals surface area contributed by atoms with Gasteiger partial charge < -0.3 is 21.5 Å². The summed E-state index contributed by atoms with van der Waals surface area (Å²) in [5.41, 5.74) is 15.5. The lowest BCUT2D eigenvalue weighted by atomic mass is 10.1. The highest BCUT2D eigenvalue weighted by Gasteiger charge is 2.13. The van der Waals surface area contributed by atoms with Crippen molar-refractivity contribution in [3.05, 3.63) is 67.0 Å². The molecule has 2 heterocycles. The van der Waals surface area contributed by atoms with E-state index in [-0.39, 0.29) is 5.82 Å². The maximum absolute atomic E-state index is 6.10. The van der Waals surface area contributed by atoms with Crippen LogP contribution in [0.5, 0.6) is 5.75 Å². The number of methoxy groups -OCH3 is 1. The van der Waals surface area contributed by atoms with Crippen LogP contribution in [0.15, 0.2) is 67.0 Å². The van der Waals surface area contributed by atoms with Gasteiger partial charge in [0.25, 0.3) is 0 Å². The highest BCUT2D eigenvalue weighted by Crippen LogP contribution is 2.30. The van der Waals surface area contributed by atoms with Gasteiger partial charge in [0.05, 0.1) is 30.9 Å². The number of hydrogen-bond acceptors (Lipinski definition) is 7. The molecule has 5 N–H and O–H groups in total. The molecule has 4 rings (SSSR count). The first-order valence-corrected chi connectivity index (χ1v) is 8.58. The van der Waals surface area contributed by atoms with Gasteiger partial charge in [-0.2, -0.15) is 10.1 Å². The average Bonchev–Trinajstić information content (AvgIpc) is 3.20. The van der Waals surface area contributed by atoms with E-state index in [0.717, 1.165) is 22.7 Å². The number of aromatic nitrogens is 4. The van der Waals surface area contributed by atoms with Crippen LogP contribution in [0.4, 0.5) is 23.1 Å². The Morgan fingerprint density at radius 3 is 2.43 bits per heavy atom. The number of nitrogens with two attached hydrogens (primary N) is 2. The van der Waals surface area contributed by atoms with E-state index in [1.165, 1.54) is 0 Å². The van der Waals surface area contributed by atoms with E-state index >= 15 is 0 Å². The third kappa shape index (κ3) is 3.43. The van der Waals surface area contributed by atoms with Gasteiger partial charge in [0, 0.05) is 5.56 Å². The van der Waals surface area contributed by atoms with E-state index in [1.54, 1.807) is 18.0 Å². The topological polar surface area (TPSA) is 117 Å². The zero-order valence-corrected chi connectivity index (χ0v) is 15.2. The molecule has 8 nitrogen and oxygen atoms in total. The van der Waals surface area contributed by atoms with Crippen LogP contribution in [-0.2, 0) is 0 Å². The maximum Gasteiger partial charge on any atom is 0.229 e. The number of nitrogen functional groups attached to an aromatic ring is 2. The number of nitrogens with zero attached hydrogens (tertiary/aromatic N) is 4. The first-order chi connectivity index (χ1) is 13.6. The largest absolute Gasteiger partial charge is 0.497 e. The molecule has 0 aliphatic carbocycles. The first-order valence-electron chi connectivity index (χ1n) is 8.58. The summed E-state index contributed by atoms with van der Waals surface area (Å²) in [6.07, 6.45) is 3.54. The summed E-state index contributed by atoms with van der Waals surface area (Å²) >= 11 is 0. The lowest BCUT2D eigenvalue weighted by Gasteiger charge is -2.11. The second kappa shape index (κ2) is 7.28. The fraction of sp³-hybridized carbons (Fsp3) is 0.0500. The van der Waals surface area contributed by atoms with Crippen molar-refractivity contribution in [2.75, 3.05) is 23.9 Å². The molecule has 0 aliphatic rings. The number of nitrogens with one attached hydrogen (secondary N) is 1. The van der Waals surface area contributed by atoms with E-state index in [1.807, 2.05) is 60.8 Å². The Bertz CT molecular complexity index is 1090. The van der Waals surface area contributed by atoms with Gasteiger partial charge in [-0.05, 0) is 36.4 Å². The number of rotatable bonds is 5. The Balaban J connectivity index is 1.64. The second-order valence-corrected chi connectivity index (χ2v) is 6.06. The van der Waals surface area contributed by atoms with Crippen LogP contribution in [-0.4, -0.2) is 26.9 Å². The fourth-order valence-corrected chi connectivity index (χ4v) is 2.75. The Labute approximate surface area is 161 Å². The van der Waals surface area contributed by atoms with E-state index in [2.05, 4.69) is 20.4 Å². The molecule has 0 fully saturated rings. The third-order valence-corrected chi connectivity index (χ3v) is 4.20. The molecule has 0 saturated carbocycles. The van der Waals surface area contributed by atoms with Crippen molar-refractivity contribution in [3.8, 4) is 22.7 Å². The van der Waals surface area contributed by atoms with Crippen LogP contribution in [0.1, 0.15) is 0 Å². The van der Waals surface area contributed by atoms with Gasteiger partial charge in [0.1, 0.15) is 17.1 Å². The van der Waals surface area contributed by atoms with Crippen molar-refractivity contribution in [2.45, 2.75) is 0 Å². The summed E-state index contributed by atoms with van der Waals surface area (Å²) in [6, 6.07) is 17.2. The van der Waals surface area contributed by atoms with Crippen LogP contribution in [0.25, 0.3) is 16.9 Å². The molecule has 2 aromatic carbocycles.